The van der Waals surface area contributed by atoms with Crippen molar-refractivity contribution in [1.82, 2.24) is 5.32 Å². The standard InChI is InChI=1S/C22H31NO5/c1-26-17-6-19(28-3)18(27-2)5-16(17)12-23-20(24)11-21-7-14-4-15(8-21)10-22(25,9-14)13-21/h5-6,14-15,25H,4,7-13H2,1-3H3,(H,23,24). The summed E-state index contributed by atoms with van der Waals surface area (Å²) in [5, 5.41) is 13.9. The first kappa shape index (κ1) is 19.4. The summed E-state index contributed by atoms with van der Waals surface area (Å²) in [6.07, 6.45) is 6.52. The maximum atomic E-state index is 12.8. The predicted octanol–water partition coefficient (Wildman–Crippen LogP) is 3.05. The largest absolute Gasteiger partial charge is 0.496 e. The number of aliphatic hydroxyl groups is 1. The summed E-state index contributed by atoms with van der Waals surface area (Å²) in [6.45, 7) is 0.371. The molecule has 2 N–H and O–H groups in total. The van der Waals surface area contributed by atoms with Crippen LogP contribution in [-0.4, -0.2) is 37.9 Å². The highest BCUT2D eigenvalue weighted by Crippen LogP contribution is 2.62. The van der Waals surface area contributed by atoms with Gasteiger partial charge in [-0.3, -0.25) is 4.79 Å². The molecule has 0 spiro atoms. The Morgan fingerprint density at radius 2 is 1.64 bits per heavy atom. The zero-order chi connectivity index (χ0) is 19.9. The van der Waals surface area contributed by atoms with E-state index in [1.165, 1.54) is 6.42 Å². The van der Waals surface area contributed by atoms with Gasteiger partial charge in [0.1, 0.15) is 5.75 Å². The van der Waals surface area contributed by atoms with Crippen LogP contribution in [-0.2, 0) is 11.3 Å². The summed E-state index contributed by atoms with van der Waals surface area (Å²) in [6, 6.07) is 3.61. The highest BCUT2D eigenvalue weighted by atomic mass is 16.5. The number of hydrogen-bond acceptors (Lipinski definition) is 5. The quantitative estimate of drug-likeness (QED) is 0.750. The van der Waals surface area contributed by atoms with E-state index in [1.807, 2.05) is 6.07 Å². The Hall–Kier alpha value is -1.95. The van der Waals surface area contributed by atoms with Crippen molar-refractivity contribution in [3.63, 3.8) is 0 Å². The highest BCUT2D eigenvalue weighted by molar-refractivity contribution is 5.77. The topological polar surface area (TPSA) is 77.0 Å². The van der Waals surface area contributed by atoms with Crippen LogP contribution in [0, 0.1) is 17.3 Å². The Kier molecular flexibility index (Phi) is 4.94. The lowest BCUT2D eigenvalue weighted by Gasteiger charge is -2.60. The molecular weight excluding hydrogens is 358 g/mol. The number of nitrogens with one attached hydrogen (secondary N) is 1. The van der Waals surface area contributed by atoms with Gasteiger partial charge in [-0.2, -0.15) is 0 Å². The lowest BCUT2D eigenvalue weighted by Crippen LogP contribution is -2.56. The zero-order valence-corrected chi connectivity index (χ0v) is 17.0. The summed E-state index contributed by atoms with van der Waals surface area (Å²) < 4.78 is 16.1. The number of methoxy groups -OCH3 is 3. The van der Waals surface area contributed by atoms with Crippen molar-refractivity contribution in [2.45, 2.75) is 57.1 Å². The number of carbonyl (C=O) groups is 1. The van der Waals surface area contributed by atoms with Crippen LogP contribution >= 0.6 is 0 Å². The van der Waals surface area contributed by atoms with Crippen molar-refractivity contribution >= 4 is 5.91 Å². The maximum absolute atomic E-state index is 12.8. The Labute approximate surface area is 166 Å². The molecule has 1 aromatic carbocycles. The smallest absolute Gasteiger partial charge is 0.220 e. The molecule has 1 amide bonds. The van der Waals surface area contributed by atoms with Crippen molar-refractivity contribution < 1.29 is 24.1 Å². The zero-order valence-electron chi connectivity index (χ0n) is 17.0. The van der Waals surface area contributed by atoms with Crippen LogP contribution in [0.4, 0.5) is 0 Å². The Morgan fingerprint density at radius 1 is 1.04 bits per heavy atom. The fraction of sp³-hybridized carbons (Fsp3) is 0.682. The number of ether oxygens (including phenoxy) is 3. The Morgan fingerprint density at radius 3 is 2.21 bits per heavy atom. The van der Waals surface area contributed by atoms with E-state index < -0.39 is 5.60 Å². The molecule has 6 nitrogen and oxygen atoms in total. The number of benzene rings is 1. The molecule has 6 heteroatoms. The van der Waals surface area contributed by atoms with Crippen LogP contribution in [0.1, 0.15) is 50.5 Å². The van der Waals surface area contributed by atoms with E-state index in [9.17, 15) is 9.90 Å². The highest BCUT2D eigenvalue weighted by Gasteiger charge is 2.57. The van der Waals surface area contributed by atoms with Gasteiger partial charge >= 0.3 is 0 Å². The average molecular weight is 389 g/mol. The van der Waals surface area contributed by atoms with Crippen molar-refractivity contribution in [3.05, 3.63) is 17.7 Å². The molecule has 154 valence electrons. The molecular formula is C22H31NO5. The van der Waals surface area contributed by atoms with E-state index in [1.54, 1.807) is 27.4 Å². The van der Waals surface area contributed by atoms with Gasteiger partial charge < -0.3 is 24.6 Å². The van der Waals surface area contributed by atoms with Crippen LogP contribution in [0.15, 0.2) is 12.1 Å². The molecule has 0 saturated heterocycles. The van der Waals surface area contributed by atoms with Crippen LogP contribution in [0.2, 0.25) is 0 Å². The van der Waals surface area contributed by atoms with Crippen LogP contribution < -0.4 is 19.5 Å². The predicted molar refractivity (Wildman–Crippen MR) is 105 cm³/mol. The normalized spacial score (nSPS) is 32.9. The first-order valence-corrected chi connectivity index (χ1v) is 10.2. The molecule has 4 aliphatic carbocycles. The Balaban J connectivity index is 1.43. The van der Waals surface area contributed by atoms with Crippen molar-refractivity contribution in [2.75, 3.05) is 21.3 Å². The van der Waals surface area contributed by atoms with Crippen molar-refractivity contribution in [3.8, 4) is 17.2 Å². The fourth-order valence-corrected chi connectivity index (χ4v) is 6.44. The van der Waals surface area contributed by atoms with Crippen LogP contribution in [0.5, 0.6) is 17.2 Å². The Bertz CT molecular complexity index is 748. The van der Waals surface area contributed by atoms with E-state index in [0.29, 0.717) is 42.0 Å². The van der Waals surface area contributed by atoms with Gasteiger partial charge in [0.15, 0.2) is 11.5 Å². The van der Waals surface area contributed by atoms with Crippen LogP contribution in [0.25, 0.3) is 0 Å². The third kappa shape index (κ3) is 3.54. The maximum Gasteiger partial charge on any atom is 0.220 e. The van der Waals surface area contributed by atoms with E-state index in [-0.39, 0.29) is 11.3 Å². The molecule has 0 heterocycles. The SMILES string of the molecule is COc1cc(OC)c(OC)cc1CNC(=O)CC12CC3CC(CC(O)(C3)C1)C2. The molecule has 4 aliphatic rings. The molecule has 28 heavy (non-hydrogen) atoms. The molecule has 0 aliphatic heterocycles. The molecule has 4 bridgehead atoms. The monoisotopic (exact) mass is 389 g/mol. The van der Waals surface area contributed by atoms with Gasteiger partial charge in [-0.05, 0) is 61.8 Å². The van der Waals surface area contributed by atoms with Gasteiger partial charge in [0.25, 0.3) is 0 Å². The van der Waals surface area contributed by atoms with E-state index >= 15 is 0 Å². The van der Waals surface area contributed by atoms with E-state index in [0.717, 1.165) is 37.7 Å². The fourth-order valence-electron chi connectivity index (χ4n) is 6.44. The summed E-state index contributed by atoms with van der Waals surface area (Å²) in [5.41, 5.74) is 0.291. The minimum atomic E-state index is -0.531. The molecule has 1 aromatic rings. The molecule has 5 rings (SSSR count). The molecule has 2 unspecified atom stereocenters. The van der Waals surface area contributed by atoms with Gasteiger partial charge in [0.05, 0.1) is 26.9 Å². The molecule has 0 radical (unpaired) electrons. The second kappa shape index (κ2) is 7.14. The van der Waals surface area contributed by atoms with Gasteiger partial charge in [-0.15, -0.1) is 0 Å². The lowest BCUT2D eigenvalue weighted by molar-refractivity contribution is -0.169. The first-order valence-electron chi connectivity index (χ1n) is 10.2. The number of carbonyl (C=O) groups excluding carboxylic acids is 1. The van der Waals surface area contributed by atoms with Gasteiger partial charge in [-0.1, -0.05) is 0 Å². The third-order valence-corrected chi connectivity index (χ3v) is 6.95. The van der Waals surface area contributed by atoms with Gasteiger partial charge in [-0.25, -0.2) is 0 Å². The van der Waals surface area contributed by atoms with Gasteiger partial charge in [0.2, 0.25) is 5.91 Å². The van der Waals surface area contributed by atoms with E-state index in [2.05, 4.69) is 5.32 Å². The van der Waals surface area contributed by atoms with Crippen LogP contribution in [0.3, 0.4) is 0 Å². The second-order valence-electron chi connectivity index (χ2n) is 9.16. The summed E-state index contributed by atoms with van der Waals surface area (Å²) in [5.74, 6) is 3.08. The summed E-state index contributed by atoms with van der Waals surface area (Å²) in [7, 11) is 4.77. The number of hydrogen-bond donors (Lipinski definition) is 2. The molecule has 2 atom stereocenters. The molecule has 0 aromatic heterocycles. The summed E-state index contributed by atoms with van der Waals surface area (Å²) in [4.78, 5) is 12.8. The number of rotatable bonds is 7. The third-order valence-electron chi connectivity index (χ3n) is 6.95. The molecule has 4 fully saturated rings. The van der Waals surface area contributed by atoms with E-state index in [4.69, 9.17) is 14.2 Å². The minimum Gasteiger partial charge on any atom is -0.496 e. The first-order chi connectivity index (χ1) is 13.4. The number of amides is 1. The second-order valence-corrected chi connectivity index (χ2v) is 9.16. The summed E-state index contributed by atoms with van der Waals surface area (Å²) >= 11 is 0. The molecule has 4 saturated carbocycles. The van der Waals surface area contributed by atoms with Crippen molar-refractivity contribution in [2.24, 2.45) is 17.3 Å². The average Bonchev–Trinajstić information content (AvgIpc) is 2.63. The lowest BCUT2D eigenvalue weighted by atomic mass is 9.47. The van der Waals surface area contributed by atoms with Gasteiger partial charge in [0, 0.05) is 24.6 Å². The van der Waals surface area contributed by atoms with Crippen molar-refractivity contribution in [1.29, 1.82) is 0 Å². The minimum absolute atomic E-state index is 0.0232.